The summed E-state index contributed by atoms with van der Waals surface area (Å²) >= 11 is 1.73. The van der Waals surface area contributed by atoms with Crippen LogP contribution in [0.5, 0.6) is 0 Å². The fourth-order valence-electron chi connectivity index (χ4n) is 2.21. The number of aryl methyl sites for hydroxylation is 1. The molecule has 0 spiro atoms. The third-order valence-electron chi connectivity index (χ3n) is 3.58. The average Bonchev–Trinajstić information content (AvgIpc) is 3.02. The molecule has 1 aliphatic heterocycles. The van der Waals surface area contributed by atoms with Crippen LogP contribution in [0.25, 0.3) is 0 Å². The zero-order valence-corrected chi connectivity index (χ0v) is 13.2. The van der Waals surface area contributed by atoms with E-state index in [1.807, 2.05) is 13.0 Å². The summed E-state index contributed by atoms with van der Waals surface area (Å²) in [7, 11) is 0. The van der Waals surface area contributed by atoms with Crippen molar-refractivity contribution in [3.63, 3.8) is 0 Å². The number of aliphatic hydroxyl groups is 1. The van der Waals surface area contributed by atoms with Crippen LogP contribution < -0.4 is 5.32 Å². The predicted molar refractivity (Wildman–Crippen MR) is 81.2 cm³/mol. The summed E-state index contributed by atoms with van der Waals surface area (Å²) < 4.78 is 1.72. The highest BCUT2D eigenvalue weighted by Gasteiger charge is 2.32. The Morgan fingerprint density at radius 2 is 2.40 bits per heavy atom. The van der Waals surface area contributed by atoms with Crippen molar-refractivity contribution in [2.75, 3.05) is 18.1 Å². The van der Waals surface area contributed by atoms with E-state index in [4.69, 9.17) is 0 Å². The molecule has 2 heterocycles. The first-order valence-electron chi connectivity index (χ1n) is 7.11. The van der Waals surface area contributed by atoms with E-state index in [2.05, 4.69) is 24.3 Å². The molecule has 1 aliphatic rings. The highest BCUT2D eigenvalue weighted by atomic mass is 32.2. The van der Waals surface area contributed by atoms with Crippen molar-refractivity contribution >= 4 is 17.7 Å². The number of aromatic nitrogens is 2. The second-order valence-corrected chi connectivity index (χ2v) is 6.74. The number of thioether (sulfide) groups is 1. The Kier molecular flexibility index (Phi) is 4.75. The van der Waals surface area contributed by atoms with E-state index in [9.17, 15) is 9.90 Å². The van der Waals surface area contributed by atoms with Gasteiger partial charge in [0.15, 0.2) is 0 Å². The lowest BCUT2D eigenvalue weighted by Crippen LogP contribution is -2.43. The summed E-state index contributed by atoms with van der Waals surface area (Å²) in [5, 5.41) is 17.5. The highest BCUT2D eigenvalue weighted by Crippen LogP contribution is 2.27. The molecule has 2 rings (SSSR count). The Bertz CT molecular complexity index is 479. The van der Waals surface area contributed by atoms with Gasteiger partial charge in [0.05, 0.1) is 11.3 Å². The van der Waals surface area contributed by atoms with Crippen molar-refractivity contribution in [2.24, 2.45) is 0 Å². The second kappa shape index (κ2) is 6.18. The normalized spacial score (nSPS) is 22.4. The third kappa shape index (κ3) is 3.35. The number of hydrogen-bond acceptors (Lipinski definition) is 4. The van der Waals surface area contributed by atoms with Crippen molar-refractivity contribution in [1.29, 1.82) is 0 Å². The zero-order valence-electron chi connectivity index (χ0n) is 12.3. The molecule has 1 amide bonds. The molecular weight excluding hydrogens is 274 g/mol. The number of nitrogens with one attached hydrogen (secondary N) is 1. The van der Waals surface area contributed by atoms with Gasteiger partial charge in [-0.05, 0) is 31.1 Å². The summed E-state index contributed by atoms with van der Waals surface area (Å²) in [5.41, 5.74) is 0.746. The Balaban J connectivity index is 2.04. The smallest absolute Gasteiger partial charge is 0.269 e. The van der Waals surface area contributed by atoms with Crippen LogP contribution in [0.15, 0.2) is 6.07 Å². The average molecular weight is 297 g/mol. The molecule has 1 saturated heterocycles. The Hall–Kier alpha value is -1.01. The standard InChI is InChI=1S/C14H23N3O2S/c1-4-17-12(7-11(16-17)10(2)3)13(18)15-8-14(19)5-6-20-9-14/h7,10,19H,4-6,8-9H2,1-3H3,(H,15,18). The van der Waals surface area contributed by atoms with Gasteiger partial charge in [-0.2, -0.15) is 16.9 Å². The van der Waals surface area contributed by atoms with E-state index in [1.165, 1.54) is 0 Å². The minimum atomic E-state index is -0.752. The maximum atomic E-state index is 12.3. The van der Waals surface area contributed by atoms with E-state index in [-0.39, 0.29) is 5.91 Å². The van der Waals surface area contributed by atoms with Crippen molar-refractivity contribution in [2.45, 2.75) is 45.3 Å². The molecule has 20 heavy (non-hydrogen) atoms. The minimum absolute atomic E-state index is 0.156. The Morgan fingerprint density at radius 3 is 2.95 bits per heavy atom. The van der Waals surface area contributed by atoms with Crippen LogP contribution in [0.4, 0.5) is 0 Å². The van der Waals surface area contributed by atoms with Crippen LogP contribution in [-0.4, -0.2) is 44.4 Å². The van der Waals surface area contributed by atoms with Crippen LogP contribution in [-0.2, 0) is 6.54 Å². The lowest BCUT2D eigenvalue weighted by atomic mass is 10.0. The van der Waals surface area contributed by atoms with Crippen LogP contribution in [0.2, 0.25) is 0 Å². The van der Waals surface area contributed by atoms with Crippen molar-refractivity contribution in [3.8, 4) is 0 Å². The lowest BCUT2D eigenvalue weighted by Gasteiger charge is -2.21. The first-order valence-corrected chi connectivity index (χ1v) is 8.27. The molecule has 1 atom stereocenters. The third-order valence-corrected chi connectivity index (χ3v) is 4.82. The molecule has 1 fully saturated rings. The van der Waals surface area contributed by atoms with Gasteiger partial charge in [-0.15, -0.1) is 0 Å². The fourth-order valence-corrected chi connectivity index (χ4v) is 3.51. The molecule has 0 bridgehead atoms. The summed E-state index contributed by atoms with van der Waals surface area (Å²) in [6.07, 6.45) is 0.738. The number of rotatable bonds is 5. The van der Waals surface area contributed by atoms with Gasteiger partial charge in [0.25, 0.3) is 5.91 Å². The van der Waals surface area contributed by atoms with Crippen molar-refractivity contribution in [3.05, 3.63) is 17.5 Å². The Morgan fingerprint density at radius 1 is 1.65 bits per heavy atom. The SMILES string of the molecule is CCn1nc(C(C)C)cc1C(=O)NCC1(O)CCSC1. The van der Waals surface area contributed by atoms with Crippen LogP contribution in [0.1, 0.15) is 49.3 Å². The van der Waals surface area contributed by atoms with E-state index >= 15 is 0 Å². The quantitative estimate of drug-likeness (QED) is 0.867. The van der Waals surface area contributed by atoms with Gasteiger partial charge in [0.1, 0.15) is 5.69 Å². The first-order chi connectivity index (χ1) is 9.45. The minimum Gasteiger partial charge on any atom is -0.387 e. The zero-order chi connectivity index (χ0) is 14.8. The van der Waals surface area contributed by atoms with Crippen LogP contribution >= 0.6 is 11.8 Å². The van der Waals surface area contributed by atoms with Crippen LogP contribution in [0.3, 0.4) is 0 Å². The van der Waals surface area contributed by atoms with Gasteiger partial charge in [-0.25, -0.2) is 0 Å². The number of carbonyl (C=O) groups is 1. The number of amides is 1. The molecule has 112 valence electrons. The summed E-state index contributed by atoms with van der Waals surface area (Å²) in [6.45, 7) is 7.06. The molecule has 0 aliphatic carbocycles. The first kappa shape index (κ1) is 15.4. The molecular formula is C14H23N3O2S. The molecule has 6 heteroatoms. The largest absolute Gasteiger partial charge is 0.387 e. The number of hydrogen-bond donors (Lipinski definition) is 2. The predicted octanol–water partition coefficient (Wildman–Crippen LogP) is 1.62. The molecule has 0 radical (unpaired) electrons. The van der Waals surface area contributed by atoms with E-state index in [1.54, 1.807) is 16.4 Å². The molecule has 1 unspecified atom stereocenters. The molecule has 1 aromatic rings. The fraction of sp³-hybridized carbons (Fsp3) is 0.714. The summed E-state index contributed by atoms with van der Waals surface area (Å²) in [4.78, 5) is 12.3. The maximum absolute atomic E-state index is 12.3. The Labute approximate surface area is 124 Å². The summed E-state index contributed by atoms with van der Waals surface area (Å²) in [6, 6.07) is 1.84. The van der Waals surface area contributed by atoms with Crippen LogP contribution in [0, 0.1) is 0 Å². The lowest BCUT2D eigenvalue weighted by molar-refractivity contribution is 0.0608. The maximum Gasteiger partial charge on any atom is 0.269 e. The van der Waals surface area contributed by atoms with Crippen molar-refractivity contribution < 1.29 is 9.90 Å². The molecule has 0 saturated carbocycles. The van der Waals surface area contributed by atoms with Gasteiger partial charge < -0.3 is 10.4 Å². The van der Waals surface area contributed by atoms with Gasteiger partial charge >= 0.3 is 0 Å². The molecule has 5 nitrogen and oxygen atoms in total. The van der Waals surface area contributed by atoms with E-state index in [0.29, 0.717) is 30.5 Å². The van der Waals surface area contributed by atoms with Gasteiger partial charge in [-0.1, -0.05) is 13.8 Å². The molecule has 1 aromatic heterocycles. The summed E-state index contributed by atoms with van der Waals surface area (Å²) in [5.74, 6) is 1.79. The molecule has 0 aromatic carbocycles. The van der Waals surface area contributed by atoms with Gasteiger partial charge in [-0.3, -0.25) is 9.48 Å². The topological polar surface area (TPSA) is 67.2 Å². The number of nitrogens with zero attached hydrogens (tertiary/aromatic N) is 2. The second-order valence-electron chi connectivity index (χ2n) is 5.63. The van der Waals surface area contributed by atoms with E-state index in [0.717, 1.165) is 17.9 Å². The number of carbonyl (C=O) groups excluding carboxylic acids is 1. The monoisotopic (exact) mass is 297 g/mol. The van der Waals surface area contributed by atoms with E-state index < -0.39 is 5.60 Å². The highest BCUT2D eigenvalue weighted by molar-refractivity contribution is 7.99. The van der Waals surface area contributed by atoms with Gasteiger partial charge in [0, 0.05) is 18.8 Å². The molecule has 2 N–H and O–H groups in total. The van der Waals surface area contributed by atoms with Crippen molar-refractivity contribution in [1.82, 2.24) is 15.1 Å². The van der Waals surface area contributed by atoms with Gasteiger partial charge in [0.2, 0.25) is 0 Å².